The van der Waals surface area contributed by atoms with Gasteiger partial charge in [-0.15, -0.1) is 0 Å². The van der Waals surface area contributed by atoms with Gasteiger partial charge >= 0.3 is 0 Å². The lowest BCUT2D eigenvalue weighted by atomic mass is 10.2. The lowest BCUT2D eigenvalue weighted by Gasteiger charge is -2.26. The van der Waals surface area contributed by atoms with Crippen LogP contribution in [0.15, 0.2) is 52.0 Å². The molecule has 1 amide bonds. The van der Waals surface area contributed by atoms with E-state index in [4.69, 9.17) is 13.9 Å². The zero-order valence-corrected chi connectivity index (χ0v) is 17.1. The minimum Gasteiger partial charge on any atom is -0.495 e. The van der Waals surface area contributed by atoms with Crippen LogP contribution in [0.25, 0.3) is 6.08 Å². The second kappa shape index (κ2) is 9.25. The van der Waals surface area contributed by atoms with Gasteiger partial charge in [-0.3, -0.25) is 4.79 Å². The minimum absolute atomic E-state index is 0.0633. The topological polar surface area (TPSA) is 98.1 Å². The van der Waals surface area contributed by atoms with Gasteiger partial charge in [0.2, 0.25) is 15.9 Å². The molecule has 3 rings (SSSR count). The molecule has 1 aromatic heterocycles. The van der Waals surface area contributed by atoms with Gasteiger partial charge in [0, 0.05) is 19.2 Å². The van der Waals surface area contributed by atoms with Gasteiger partial charge in [-0.2, -0.15) is 4.31 Å². The van der Waals surface area contributed by atoms with E-state index >= 15 is 0 Å². The Bertz CT molecular complexity index is 963. The van der Waals surface area contributed by atoms with Crippen LogP contribution < -0.4 is 10.1 Å². The molecule has 1 atom stereocenters. The number of carbonyl (C=O) groups excluding carboxylic acids is 1. The third-order valence-corrected chi connectivity index (χ3v) is 6.45. The Kier molecular flexibility index (Phi) is 6.73. The maximum absolute atomic E-state index is 13.0. The first kappa shape index (κ1) is 21.1. The van der Waals surface area contributed by atoms with Crippen LogP contribution in [-0.4, -0.2) is 52.0 Å². The number of nitrogens with zero attached hydrogens (tertiary/aromatic N) is 1. The quantitative estimate of drug-likeness (QED) is 0.690. The largest absolute Gasteiger partial charge is 0.495 e. The highest BCUT2D eigenvalue weighted by Gasteiger charge is 2.29. The maximum Gasteiger partial charge on any atom is 0.246 e. The molecule has 1 aliphatic rings. The van der Waals surface area contributed by atoms with E-state index in [1.807, 2.05) is 6.92 Å². The summed E-state index contributed by atoms with van der Waals surface area (Å²) in [6, 6.07) is 8.02. The molecular weight excluding hydrogens is 396 g/mol. The molecule has 1 aliphatic heterocycles. The van der Waals surface area contributed by atoms with E-state index < -0.39 is 10.0 Å². The van der Waals surface area contributed by atoms with Crippen molar-refractivity contribution in [3.63, 3.8) is 0 Å². The third kappa shape index (κ3) is 5.06. The van der Waals surface area contributed by atoms with Crippen molar-refractivity contribution >= 4 is 22.0 Å². The molecule has 0 saturated carbocycles. The van der Waals surface area contributed by atoms with E-state index in [-0.39, 0.29) is 22.6 Å². The SMILES string of the molecule is COc1ccc(/C=C/C(=O)N[C@H](C)c2ccco2)cc1S(=O)(=O)N1CCOCC1. The Balaban J connectivity index is 1.77. The number of hydrogen-bond donors (Lipinski definition) is 1. The number of nitrogens with one attached hydrogen (secondary N) is 1. The standard InChI is InChI=1S/C20H24N2O6S/c1-15(17-4-3-11-28-17)21-20(23)8-6-16-5-7-18(26-2)19(14-16)29(24,25)22-9-12-27-13-10-22/h3-8,11,14-15H,9-10,12-13H2,1-2H3,(H,21,23)/b8-6+/t15-/m1/s1. The van der Waals surface area contributed by atoms with Crippen molar-refractivity contribution < 1.29 is 27.1 Å². The predicted molar refractivity (Wildman–Crippen MR) is 107 cm³/mol. The van der Waals surface area contributed by atoms with Crippen LogP contribution >= 0.6 is 0 Å². The molecule has 0 aliphatic carbocycles. The summed E-state index contributed by atoms with van der Waals surface area (Å²) in [5.74, 6) is 0.585. The molecule has 0 bridgehead atoms. The monoisotopic (exact) mass is 420 g/mol. The number of benzene rings is 1. The van der Waals surface area contributed by atoms with Crippen molar-refractivity contribution in [3.8, 4) is 5.75 Å². The highest BCUT2D eigenvalue weighted by Crippen LogP contribution is 2.28. The Hall–Kier alpha value is -2.62. The number of rotatable bonds is 7. The Morgan fingerprint density at radius 2 is 2.03 bits per heavy atom. The zero-order chi connectivity index (χ0) is 20.9. The number of carbonyl (C=O) groups is 1. The van der Waals surface area contributed by atoms with Crippen molar-refractivity contribution in [1.82, 2.24) is 9.62 Å². The Labute approximate surface area is 170 Å². The summed E-state index contributed by atoms with van der Waals surface area (Å²) < 4.78 is 43.1. The number of hydrogen-bond acceptors (Lipinski definition) is 6. The lowest BCUT2D eigenvalue weighted by molar-refractivity contribution is -0.117. The van der Waals surface area contributed by atoms with Gasteiger partial charge in [-0.1, -0.05) is 6.07 Å². The number of sulfonamides is 1. The summed E-state index contributed by atoms with van der Waals surface area (Å²) in [5.41, 5.74) is 0.568. The molecule has 8 nitrogen and oxygen atoms in total. The summed E-state index contributed by atoms with van der Waals surface area (Å²) in [4.78, 5) is 12.2. The molecule has 0 unspecified atom stereocenters. The number of furan rings is 1. The molecule has 1 saturated heterocycles. The summed E-state index contributed by atoms with van der Waals surface area (Å²) >= 11 is 0. The molecule has 2 heterocycles. The number of methoxy groups -OCH3 is 1. The second-order valence-corrected chi connectivity index (χ2v) is 8.41. The van der Waals surface area contributed by atoms with Crippen LogP contribution in [0, 0.1) is 0 Å². The highest BCUT2D eigenvalue weighted by molar-refractivity contribution is 7.89. The van der Waals surface area contributed by atoms with Crippen LogP contribution in [0.3, 0.4) is 0 Å². The van der Waals surface area contributed by atoms with Gasteiger partial charge in [0.15, 0.2) is 0 Å². The van der Waals surface area contributed by atoms with Crippen molar-refractivity contribution in [1.29, 1.82) is 0 Å². The smallest absolute Gasteiger partial charge is 0.246 e. The van der Waals surface area contributed by atoms with Gasteiger partial charge < -0.3 is 19.2 Å². The third-order valence-electron chi connectivity index (χ3n) is 4.53. The normalized spacial score (nSPS) is 16.6. The second-order valence-electron chi connectivity index (χ2n) is 6.51. The molecule has 1 aromatic carbocycles. The van der Waals surface area contributed by atoms with Crippen LogP contribution in [-0.2, 0) is 19.6 Å². The summed E-state index contributed by atoms with van der Waals surface area (Å²) in [6.07, 6.45) is 4.45. The molecule has 0 spiro atoms. The van der Waals surface area contributed by atoms with Crippen LogP contribution in [0.1, 0.15) is 24.3 Å². The van der Waals surface area contributed by atoms with Crippen molar-refractivity contribution in [2.24, 2.45) is 0 Å². The molecule has 9 heteroatoms. The van der Waals surface area contributed by atoms with E-state index in [0.717, 1.165) is 0 Å². The minimum atomic E-state index is -3.73. The van der Waals surface area contributed by atoms with Crippen LogP contribution in [0.4, 0.5) is 0 Å². The Morgan fingerprint density at radius 1 is 1.28 bits per heavy atom. The van der Waals surface area contributed by atoms with E-state index in [1.165, 1.54) is 23.6 Å². The van der Waals surface area contributed by atoms with Crippen LogP contribution in [0.2, 0.25) is 0 Å². The molecule has 0 radical (unpaired) electrons. The Morgan fingerprint density at radius 3 is 2.69 bits per heavy atom. The number of ether oxygens (including phenoxy) is 2. The fourth-order valence-electron chi connectivity index (χ4n) is 2.97. The average Bonchev–Trinajstić information content (AvgIpc) is 3.28. The summed E-state index contributed by atoms with van der Waals surface area (Å²) in [7, 11) is -2.31. The van der Waals surface area contributed by atoms with Gasteiger partial charge in [0.1, 0.15) is 16.4 Å². The number of amides is 1. The van der Waals surface area contributed by atoms with Crippen molar-refractivity contribution in [3.05, 3.63) is 54.0 Å². The summed E-state index contributed by atoms with van der Waals surface area (Å²) in [6.45, 7) is 3.10. The average molecular weight is 420 g/mol. The zero-order valence-electron chi connectivity index (χ0n) is 16.3. The van der Waals surface area contributed by atoms with E-state index in [0.29, 0.717) is 37.6 Å². The predicted octanol–water partition coefficient (Wildman–Crippen LogP) is 2.20. The molecule has 1 fully saturated rings. The van der Waals surface area contributed by atoms with Crippen molar-refractivity contribution in [2.75, 3.05) is 33.4 Å². The highest BCUT2D eigenvalue weighted by atomic mass is 32.2. The van der Waals surface area contributed by atoms with Gasteiger partial charge in [0.05, 0.1) is 32.6 Å². The molecular formula is C20H24N2O6S. The van der Waals surface area contributed by atoms with Gasteiger partial charge in [-0.25, -0.2) is 8.42 Å². The molecule has 29 heavy (non-hydrogen) atoms. The van der Waals surface area contributed by atoms with E-state index in [2.05, 4.69) is 5.32 Å². The van der Waals surface area contributed by atoms with Gasteiger partial charge in [-0.05, 0) is 42.8 Å². The first-order valence-corrected chi connectivity index (χ1v) is 10.6. The molecule has 156 valence electrons. The van der Waals surface area contributed by atoms with E-state index in [9.17, 15) is 13.2 Å². The fourth-order valence-corrected chi connectivity index (χ4v) is 4.57. The van der Waals surface area contributed by atoms with Crippen molar-refractivity contribution in [2.45, 2.75) is 17.9 Å². The first-order valence-electron chi connectivity index (χ1n) is 9.19. The van der Waals surface area contributed by atoms with Gasteiger partial charge in [0.25, 0.3) is 0 Å². The molecule has 1 N–H and O–H groups in total. The maximum atomic E-state index is 13.0. The summed E-state index contributed by atoms with van der Waals surface area (Å²) in [5, 5.41) is 2.79. The first-order chi connectivity index (χ1) is 13.9. The number of morpholine rings is 1. The van der Waals surface area contributed by atoms with Crippen LogP contribution in [0.5, 0.6) is 5.75 Å². The molecule has 2 aromatic rings. The van der Waals surface area contributed by atoms with E-state index in [1.54, 1.807) is 36.6 Å². The fraction of sp³-hybridized carbons (Fsp3) is 0.350. The lowest BCUT2D eigenvalue weighted by Crippen LogP contribution is -2.40.